The number of halogens is 2. The summed E-state index contributed by atoms with van der Waals surface area (Å²) in [5, 5.41) is 8.07. The molecule has 0 radical (unpaired) electrons. The lowest BCUT2D eigenvalue weighted by molar-refractivity contribution is -0.142. The maximum atomic E-state index is 12.3. The molecule has 0 saturated heterocycles. The van der Waals surface area contributed by atoms with Crippen molar-refractivity contribution in [2.75, 3.05) is 11.9 Å². The fraction of sp³-hybridized carbons (Fsp3) is 0.174. The fourth-order valence-electron chi connectivity index (χ4n) is 2.94. The number of rotatable bonds is 6. The number of ether oxygens (including phenoxy) is 1. The van der Waals surface area contributed by atoms with Crippen molar-refractivity contribution in [2.24, 2.45) is 0 Å². The minimum atomic E-state index is -0.685. The summed E-state index contributed by atoms with van der Waals surface area (Å²) in [6.07, 6.45) is 2.62. The Hall–Kier alpha value is -3.09. The van der Waals surface area contributed by atoms with Crippen molar-refractivity contribution in [2.45, 2.75) is 20.8 Å². The quantitative estimate of drug-likeness (QED) is 0.402. The van der Waals surface area contributed by atoms with E-state index in [2.05, 4.69) is 10.4 Å². The summed E-state index contributed by atoms with van der Waals surface area (Å²) in [7, 11) is 0. The molecule has 1 heterocycles. The Morgan fingerprint density at radius 3 is 2.35 bits per heavy atom. The molecule has 1 aromatic heterocycles. The number of amides is 1. The summed E-state index contributed by atoms with van der Waals surface area (Å²) < 4.78 is 6.77. The van der Waals surface area contributed by atoms with E-state index in [4.69, 9.17) is 27.9 Å². The smallest absolute Gasteiger partial charge is 0.331 e. The van der Waals surface area contributed by atoms with E-state index in [1.807, 2.05) is 38.1 Å². The van der Waals surface area contributed by atoms with Gasteiger partial charge >= 0.3 is 5.97 Å². The van der Waals surface area contributed by atoms with Gasteiger partial charge in [-0.05, 0) is 51.1 Å². The molecule has 6 nitrogen and oxygen atoms in total. The molecule has 0 aliphatic heterocycles. The van der Waals surface area contributed by atoms with Crippen LogP contribution in [0.15, 0.2) is 48.5 Å². The van der Waals surface area contributed by atoms with Gasteiger partial charge in [-0.1, -0.05) is 47.0 Å². The zero-order valence-corrected chi connectivity index (χ0v) is 18.8. The van der Waals surface area contributed by atoms with Crippen LogP contribution in [0.25, 0.3) is 11.8 Å². The number of hydrogen-bond acceptors (Lipinski definition) is 4. The molecule has 0 aliphatic carbocycles. The molecule has 160 valence electrons. The lowest BCUT2D eigenvalue weighted by Crippen LogP contribution is -2.20. The van der Waals surface area contributed by atoms with Crippen LogP contribution in [0.2, 0.25) is 10.0 Å². The largest absolute Gasteiger partial charge is 0.452 e. The predicted molar refractivity (Wildman–Crippen MR) is 123 cm³/mol. The molecule has 0 spiro atoms. The molecule has 0 fully saturated rings. The standard InChI is InChI=1S/C23H21Cl2N3O3/c1-14-7-9-17(10-8-14)28-16(3)23(15(2)27-28)26-21(29)13-31-22(30)12-11-18-19(24)5-4-6-20(18)25/h4-12H,13H2,1-3H3,(H,26,29)/b12-11+. The fourth-order valence-corrected chi connectivity index (χ4v) is 3.47. The molecule has 0 saturated carbocycles. The number of hydrogen-bond donors (Lipinski definition) is 1. The number of nitrogens with zero attached hydrogens (tertiary/aromatic N) is 2. The first kappa shape index (κ1) is 22.6. The zero-order valence-electron chi connectivity index (χ0n) is 17.3. The van der Waals surface area contributed by atoms with Gasteiger partial charge < -0.3 is 10.1 Å². The monoisotopic (exact) mass is 457 g/mol. The minimum absolute atomic E-state index is 0.408. The Morgan fingerprint density at radius 2 is 1.71 bits per heavy atom. The summed E-state index contributed by atoms with van der Waals surface area (Å²) in [6.45, 7) is 5.23. The first-order chi connectivity index (χ1) is 14.8. The third kappa shape index (κ3) is 5.54. The van der Waals surface area contributed by atoms with Crippen molar-refractivity contribution in [3.8, 4) is 5.69 Å². The second kappa shape index (κ2) is 9.81. The third-order valence-electron chi connectivity index (χ3n) is 4.57. The number of nitrogens with one attached hydrogen (secondary N) is 1. The number of aromatic nitrogens is 2. The van der Waals surface area contributed by atoms with Gasteiger partial charge in [0, 0.05) is 21.7 Å². The number of aryl methyl sites for hydroxylation is 2. The third-order valence-corrected chi connectivity index (χ3v) is 5.22. The van der Waals surface area contributed by atoms with E-state index in [0.29, 0.717) is 27.0 Å². The molecule has 0 unspecified atom stereocenters. The van der Waals surface area contributed by atoms with E-state index in [9.17, 15) is 9.59 Å². The van der Waals surface area contributed by atoms with Crippen LogP contribution in [0.5, 0.6) is 0 Å². The minimum Gasteiger partial charge on any atom is -0.452 e. The van der Waals surface area contributed by atoms with Crippen molar-refractivity contribution in [1.29, 1.82) is 0 Å². The highest BCUT2D eigenvalue weighted by atomic mass is 35.5. The molecule has 0 atom stereocenters. The maximum absolute atomic E-state index is 12.3. The highest BCUT2D eigenvalue weighted by Gasteiger charge is 2.16. The van der Waals surface area contributed by atoms with Crippen LogP contribution in [0.3, 0.4) is 0 Å². The summed E-state index contributed by atoms with van der Waals surface area (Å²) >= 11 is 12.1. The van der Waals surface area contributed by atoms with E-state index >= 15 is 0 Å². The predicted octanol–water partition coefficient (Wildman–Crippen LogP) is 5.30. The molecule has 3 aromatic rings. The van der Waals surface area contributed by atoms with Crippen LogP contribution in [-0.2, 0) is 14.3 Å². The highest BCUT2D eigenvalue weighted by molar-refractivity contribution is 6.37. The average molecular weight is 458 g/mol. The van der Waals surface area contributed by atoms with Crippen LogP contribution < -0.4 is 5.32 Å². The van der Waals surface area contributed by atoms with Crippen LogP contribution in [-0.4, -0.2) is 28.3 Å². The Labute approximate surface area is 190 Å². The van der Waals surface area contributed by atoms with Crippen molar-refractivity contribution >= 4 is 46.8 Å². The van der Waals surface area contributed by atoms with Crippen molar-refractivity contribution < 1.29 is 14.3 Å². The van der Waals surface area contributed by atoms with Gasteiger partial charge in [-0.25, -0.2) is 9.48 Å². The van der Waals surface area contributed by atoms with Gasteiger partial charge in [-0.3, -0.25) is 4.79 Å². The second-order valence-corrected chi connectivity index (χ2v) is 7.73. The number of carbonyl (C=O) groups excluding carboxylic acids is 2. The first-order valence-corrected chi connectivity index (χ1v) is 10.2. The number of esters is 1. The highest BCUT2D eigenvalue weighted by Crippen LogP contribution is 2.25. The first-order valence-electron chi connectivity index (χ1n) is 9.48. The lowest BCUT2D eigenvalue weighted by Gasteiger charge is -2.07. The van der Waals surface area contributed by atoms with Crippen LogP contribution in [0.4, 0.5) is 5.69 Å². The topological polar surface area (TPSA) is 73.2 Å². The molecule has 1 N–H and O–H groups in total. The van der Waals surface area contributed by atoms with Gasteiger partial charge in [0.25, 0.3) is 5.91 Å². The van der Waals surface area contributed by atoms with E-state index in [1.54, 1.807) is 29.8 Å². The van der Waals surface area contributed by atoms with Gasteiger partial charge in [-0.15, -0.1) is 0 Å². The molecule has 0 bridgehead atoms. The lowest BCUT2D eigenvalue weighted by atomic mass is 10.2. The molecular weight excluding hydrogens is 437 g/mol. The van der Waals surface area contributed by atoms with Gasteiger partial charge in [-0.2, -0.15) is 5.10 Å². The van der Waals surface area contributed by atoms with Crippen molar-refractivity contribution in [1.82, 2.24) is 9.78 Å². The Morgan fingerprint density at radius 1 is 1.06 bits per heavy atom. The van der Waals surface area contributed by atoms with Crippen LogP contribution in [0, 0.1) is 20.8 Å². The molecular formula is C23H21Cl2N3O3. The number of benzene rings is 2. The summed E-state index contributed by atoms with van der Waals surface area (Å²) in [4.78, 5) is 24.3. The van der Waals surface area contributed by atoms with E-state index in [-0.39, 0.29) is 0 Å². The van der Waals surface area contributed by atoms with Gasteiger partial charge in [0.05, 0.1) is 22.8 Å². The normalized spacial score (nSPS) is 11.0. The molecule has 2 aromatic carbocycles. The van der Waals surface area contributed by atoms with E-state index in [1.165, 1.54) is 12.2 Å². The molecule has 8 heteroatoms. The van der Waals surface area contributed by atoms with Crippen molar-refractivity contribution in [3.63, 3.8) is 0 Å². The summed E-state index contributed by atoms with van der Waals surface area (Å²) in [6, 6.07) is 12.9. The van der Waals surface area contributed by atoms with Gasteiger partial charge in [0.15, 0.2) is 6.61 Å². The Kier molecular flexibility index (Phi) is 7.15. The molecule has 0 aliphatic rings. The van der Waals surface area contributed by atoms with E-state index in [0.717, 1.165) is 16.9 Å². The Balaban J connectivity index is 1.62. The molecule has 3 rings (SSSR count). The second-order valence-electron chi connectivity index (χ2n) is 6.92. The zero-order chi connectivity index (χ0) is 22.5. The van der Waals surface area contributed by atoms with Gasteiger partial charge in [0.2, 0.25) is 0 Å². The van der Waals surface area contributed by atoms with E-state index < -0.39 is 18.5 Å². The molecule has 1 amide bonds. The maximum Gasteiger partial charge on any atom is 0.331 e. The van der Waals surface area contributed by atoms with Crippen LogP contribution in [0.1, 0.15) is 22.5 Å². The number of carbonyl (C=O) groups is 2. The Bertz CT molecular complexity index is 1130. The molecule has 31 heavy (non-hydrogen) atoms. The SMILES string of the molecule is Cc1ccc(-n2nc(C)c(NC(=O)COC(=O)/C=C/c3c(Cl)cccc3Cl)c2C)cc1. The van der Waals surface area contributed by atoms with Gasteiger partial charge in [0.1, 0.15) is 0 Å². The number of anilines is 1. The summed E-state index contributed by atoms with van der Waals surface area (Å²) in [5.74, 6) is -1.15. The summed E-state index contributed by atoms with van der Waals surface area (Å²) in [5.41, 5.74) is 4.55. The average Bonchev–Trinajstić information content (AvgIpc) is 3.00. The van der Waals surface area contributed by atoms with Crippen molar-refractivity contribution in [3.05, 3.63) is 81.1 Å². The van der Waals surface area contributed by atoms with Crippen LogP contribution >= 0.6 is 23.2 Å².